The van der Waals surface area contributed by atoms with Crippen LogP contribution >= 0.6 is 0 Å². The Morgan fingerprint density at radius 2 is 1.97 bits per heavy atom. The number of aromatic nitrogens is 1. The zero-order valence-electron chi connectivity index (χ0n) is 18.2. The summed E-state index contributed by atoms with van der Waals surface area (Å²) >= 11 is 0. The number of methoxy groups -OCH3 is 1. The molecule has 1 N–H and O–H groups in total. The zero-order valence-corrected chi connectivity index (χ0v) is 18.2. The fourth-order valence-electron chi connectivity index (χ4n) is 3.19. The van der Waals surface area contributed by atoms with Crippen LogP contribution in [0.25, 0.3) is 10.9 Å². The first-order chi connectivity index (χ1) is 13.9. The molecule has 1 heterocycles. The second kappa shape index (κ2) is 10.7. The average molecular weight is 400 g/mol. The molecule has 2 rings (SSSR count). The van der Waals surface area contributed by atoms with E-state index in [-0.39, 0.29) is 11.5 Å². The van der Waals surface area contributed by atoms with Crippen LogP contribution in [0.15, 0.2) is 46.3 Å². The van der Waals surface area contributed by atoms with E-state index in [9.17, 15) is 9.90 Å². The van der Waals surface area contributed by atoms with Gasteiger partial charge in [0.25, 0.3) is 5.56 Å². The van der Waals surface area contributed by atoms with E-state index in [2.05, 4.69) is 39.8 Å². The Morgan fingerprint density at radius 3 is 2.62 bits per heavy atom. The second-order valence-corrected chi connectivity index (χ2v) is 7.55. The molecule has 0 spiro atoms. The number of aryl methyl sites for hydroxylation is 1. The maximum atomic E-state index is 12.6. The summed E-state index contributed by atoms with van der Waals surface area (Å²) in [6.07, 6.45) is 8.17. The lowest BCUT2D eigenvalue weighted by Gasteiger charge is -2.15. The summed E-state index contributed by atoms with van der Waals surface area (Å²) in [5, 5.41) is 10.9. The van der Waals surface area contributed by atoms with E-state index in [4.69, 9.17) is 9.47 Å². The highest BCUT2D eigenvalue weighted by atomic mass is 16.5. The smallest absolute Gasteiger partial charge is 0.297 e. The number of benzene rings is 1. The number of aromatic hydroxyl groups is 1. The summed E-state index contributed by atoms with van der Waals surface area (Å²) < 4.78 is 12.8. The fraction of sp³-hybridized carbons (Fsp3) is 0.458. The van der Waals surface area contributed by atoms with Crippen molar-refractivity contribution >= 4 is 10.9 Å². The predicted molar refractivity (Wildman–Crippen MR) is 119 cm³/mol. The summed E-state index contributed by atoms with van der Waals surface area (Å²) in [5.41, 5.74) is 2.89. The summed E-state index contributed by atoms with van der Waals surface area (Å²) in [4.78, 5) is 12.6. The van der Waals surface area contributed by atoms with Gasteiger partial charge in [0.1, 0.15) is 12.4 Å². The highest BCUT2D eigenvalue weighted by Crippen LogP contribution is 2.33. The Balaban J connectivity index is 2.27. The van der Waals surface area contributed by atoms with Gasteiger partial charge in [0.2, 0.25) is 5.75 Å². The van der Waals surface area contributed by atoms with Crippen molar-refractivity contribution in [3.63, 3.8) is 0 Å². The third kappa shape index (κ3) is 5.89. The van der Waals surface area contributed by atoms with Gasteiger partial charge in [0.15, 0.2) is 5.75 Å². The van der Waals surface area contributed by atoms with Crippen LogP contribution in [0.5, 0.6) is 17.2 Å². The van der Waals surface area contributed by atoms with E-state index in [0.29, 0.717) is 29.8 Å². The number of hydrogen-bond acceptors (Lipinski definition) is 4. The van der Waals surface area contributed by atoms with Gasteiger partial charge in [0, 0.05) is 18.0 Å². The lowest BCUT2D eigenvalue weighted by Crippen LogP contribution is -2.21. The zero-order chi connectivity index (χ0) is 21.4. The lowest BCUT2D eigenvalue weighted by molar-refractivity contribution is 0.360. The number of rotatable bonds is 10. The van der Waals surface area contributed by atoms with Crippen molar-refractivity contribution in [2.45, 2.75) is 59.9 Å². The first kappa shape index (κ1) is 22.6. The Hall–Kier alpha value is -2.69. The number of unbranched alkanes of at least 4 members (excludes halogenated alkanes) is 1. The number of allylic oxidation sites excluding steroid dienone is 3. The number of pyridine rings is 1. The number of fused-ring (bicyclic) bond motifs is 1. The second-order valence-electron chi connectivity index (χ2n) is 7.55. The maximum absolute atomic E-state index is 12.6. The van der Waals surface area contributed by atoms with Gasteiger partial charge in [-0.1, -0.05) is 30.6 Å². The third-order valence-electron chi connectivity index (χ3n) is 4.88. The molecule has 2 aromatic rings. The van der Waals surface area contributed by atoms with Gasteiger partial charge in [-0.15, -0.1) is 0 Å². The van der Waals surface area contributed by atoms with Crippen LogP contribution in [0.1, 0.15) is 53.4 Å². The molecule has 0 atom stereocenters. The first-order valence-corrected chi connectivity index (χ1v) is 10.2. The Labute approximate surface area is 173 Å². The molecular formula is C24H33NO4. The SMILES string of the molecule is CCCCn1c(=O)c(O)c(OC)c2ccc(OC/C=C(\C)CCC=C(C)C)cc21. The van der Waals surface area contributed by atoms with E-state index < -0.39 is 5.56 Å². The van der Waals surface area contributed by atoms with Gasteiger partial charge in [-0.2, -0.15) is 0 Å². The van der Waals surface area contributed by atoms with Crippen LogP contribution < -0.4 is 15.0 Å². The van der Waals surface area contributed by atoms with Gasteiger partial charge < -0.3 is 19.1 Å². The molecule has 1 aromatic carbocycles. The maximum Gasteiger partial charge on any atom is 0.297 e. The van der Waals surface area contributed by atoms with Gasteiger partial charge in [-0.25, -0.2) is 0 Å². The van der Waals surface area contributed by atoms with Crippen LogP contribution in [-0.4, -0.2) is 23.4 Å². The molecule has 5 heteroatoms. The Kier molecular flexibility index (Phi) is 8.37. The van der Waals surface area contributed by atoms with E-state index in [1.165, 1.54) is 18.3 Å². The fourth-order valence-corrected chi connectivity index (χ4v) is 3.19. The lowest BCUT2D eigenvalue weighted by atomic mass is 10.1. The topological polar surface area (TPSA) is 60.7 Å². The van der Waals surface area contributed by atoms with Gasteiger partial charge in [-0.05, 0) is 58.2 Å². The highest BCUT2D eigenvalue weighted by molar-refractivity contribution is 5.88. The standard InChI is InChI=1S/C24H33NO4/c1-6-7-14-25-21-16-19(29-15-13-18(4)10-8-9-17(2)3)11-12-20(21)23(28-5)22(26)24(25)27/h9,11-13,16,26H,6-8,10,14-15H2,1-5H3/b18-13+. The monoisotopic (exact) mass is 399 g/mol. The first-order valence-electron chi connectivity index (χ1n) is 10.2. The molecule has 5 nitrogen and oxygen atoms in total. The molecule has 29 heavy (non-hydrogen) atoms. The minimum absolute atomic E-state index is 0.208. The van der Waals surface area contributed by atoms with Crippen LogP contribution in [0.2, 0.25) is 0 Å². The number of hydrogen-bond donors (Lipinski definition) is 1. The van der Waals surface area contributed by atoms with Gasteiger partial charge in [-0.3, -0.25) is 4.79 Å². The summed E-state index contributed by atoms with van der Waals surface area (Å²) in [6, 6.07) is 5.52. The third-order valence-corrected chi connectivity index (χ3v) is 4.88. The molecule has 0 aliphatic heterocycles. The van der Waals surface area contributed by atoms with E-state index in [1.807, 2.05) is 18.2 Å². The molecule has 0 unspecified atom stereocenters. The molecule has 0 saturated heterocycles. The molecule has 0 fully saturated rings. The molecule has 0 saturated carbocycles. The summed E-state index contributed by atoms with van der Waals surface area (Å²) in [5.74, 6) is 0.544. The normalized spacial score (nSPS) is 11.6. The van der Waals surface area contributed by atoms with Gasteiger partial charge in [0.05, 0.1) is 12.6 Å². The molecule has 0 bridgehead atoms. The minimum Gasteiger partial charge on any atom is -0.500 e. The van der Waals surface area contributed by atoms with Crippen LogP contribution in [-0.2, 0) is 6.54 Å². The van der Waals surface area contributed by atoms with Gasteiger partial charge >= 0.3 is 0 Å². The van der Waals surface area contributed by atoms with Crippen LogP contribution in [0, 0.1) is 0 Å². The molecular weight excluding hydrogens is 366 g/mol. The highest BCUT2D eigenvalue weighted by Gasteiger charge is 2.17. The average Bonchev–Trinajstić information content (AvgIpc) is 2.68. The molecule has 0 amide bonds. The van der Waals surface area contributed by atoms with Crippen molar-refractivity contribution in [3.8, 4) is 17.2 Å². The quantitative estimate of drug-likeness (QED) is 0.529. The summed E-state index contributed by atoms with van der Waals surface area (Å²) in [6.45, 7) is 9.40. The largest absolute Gasteiger partial charge is 0.500 e. The van der Waals surface area contributed by atoms with Crippen LogP contribution in [0.4, 0.5) is 0 Å². The minimum atomic E-state index is -0.435. The Morgan fingerprint density at radius 1 is 1.21 bits per heavy atom. The van der Waals surface area contributed by atoms with Crippen molar-refractivity contribution in [2.75, 3.05) is 13.7 Å². The van der Waals surface area contributed by atoms with Crippen molar-refractivity contribution in [1.82, 2.24) is 4.57 Å². The van der Waals surface area contributed by atoms with Crippen molar-refractivity contribution in [3.05, 3.63) is 51.9 Å². The molecule has 0 radical (unpaired) electrons. The van der Waals surface area contributed by atoms with Crippen molar-refractivity contribution in [2.24, 2.45) is 0 Å². The molecule has 1 aromatic heterocycles. The number of ether oxygens (including phenoxy) is 2. The van der Waals surface area contributed by atoms with E-state index in [0.717, 1.165) is 25.7 Å². The van der Waals surface area contributed by atoms with Crippen LogP contribution in [0.3, 0.4) is 0 Å². The van der Waals surface area contributed by atoms with Crippen molar-refractivity contribution < 1.29 is 14.6 Å². The Bertz CT molecular complexity index is 949. The number of nitrogens with zero attached hydrogens (tertiary/aromatic N) is 1. The molecule has 158 valence electrons. The molecule has 0 aliphatic carbocycles. The van der Waals surface area contributed by atoms with Crippen molar-refractivity contribution in [1.29, 1.82) is 0 Å². The van der Waals surface area contributed by atoms with E-state index in [1.54, 1.807) is 4.57 Å². The summed E-state index contributed by atoms with van der Waals surface area (Å²) in [7, 11) is 1.46. The molecule has 0 aliphatic rings. The predicted octanol–water partition coefficient (Wildman–Crippen LogP) is 5.59. The van der Waals surface area contributed by atoms with E-state index >= 15 is 0 Å².